The van der Waals surface area contributed by atoms with Crippen LogP contribution in [0.4, 0.5) is 0 Å². The first-order valence-electron chi connectivity index (χ1n) is 8.23. The Morgan fingerprint density at radius 1 is 0.900 bits per heavy atom. The van der Waals surface area contributed by atoms with Crippen molar-refractivity contribution >= 4 is 4.26 Å². The van der Waals surface area contributed by atoms with Crippen molar-refractivity contribution in [3.8, 4) is 0 Å². The monoisotopic (exact) mass is 436 g/mol. The molecule has 2 aliphatic carbocycles. The van der Waals surface area contributed by atoms with Crippen molar-refractivity contribution in [3.05, 3.63) is 42.1 Å². The van der Waals surface area contributed by atoms with Crippen LogP contribution in [0.1, 0.15) is 65.2 Å². The Morgan fingerprint density at radius 3 is 1.75 bits per heavy atom. The Morgan fingerprint density at radius 2 is 1.35 bits per heavy atom. The van der Waals surface area contributed by atoms with Gasteiger partial charge in [-0.05, 0) is 0 Å². The quantitative estimate of drug-likeness (QED) is 0.421. The van der Waals surface area contributed by atoms with Gasteiger partial charge in [0.2, 0.25) is 0 Å². The van der Waals surface area contributed by atoms with Crippen LogP contribution in [0.2, 0.25) is 0 Å². The van der Waals surface area contributed by atoms with Crippen molar-refractivity contribution in [2.75, 3.05) is 0 Å². The number of allylic oxidation sites excluding steroid dienone is 8. The van der Waals surface area contributed by atoms with E-state index in [1.165, 1.54) is 51.4 Å². The summed E-state index contributed by atoms with van der Waals surface area (Å²) in [6, 6.07) is 0. The second-order valence-electron chi connectivity index (χ2n) is 5.99. The molecule has 0 N–H and O–H groups in total. The van der Waals surface area contributed by atoms with Crippen molar-refractivity contribution in [2.45, 2.75) is 65.2 Å². The van der Waals surface area contributed by atoms with E-state index in [4.69, 9.17) is 0 Å². The molecule has 0 aromatic heterocycles. The van der Waals surface area contributed by atoms with Crippen LogP contribution < -0.4 is 0 Å². The third-order valence-corrected chi connectivity index (χ3v) is 12.4. The third kappa shape index (κ3) is 4.35. The first kappa shape index (κ1) is 16.1. The van der Waals surface area contributed by atoms with Gasteiger partial charge in [-0.2, -0.15) is 0 Å². The Balaban J connectivity index is 1.91. The van der Waals surface area contributed by atoms with Crippen molar-refractivity contribution in [2.24, 2.45) is 0 Å². The van der Waals surface area contributed by atoms with Crippen LogP contribution in [0.15, 0.2) is 42.1 Å². The molecule has 20 heavy (non-hydrogen) atoms. The Bertz CT molecular complexity index is 442. The van der Waals surface area contributed by atoms with E-state index >= 15 is 0 Å². The average Bonchev–Trinajstić information content (AvgIpc) is 3.11. The first-order valence-corrected chi connectivity index (χ1v) is 14.4. The molecule has 0 aromatic rings. The third-order valence-electron chi connectivity index (χ3n) is 4.30. The minimum atomic E-state index is -1.87. The molecule has 2 aliphatic rings. The first-order chi connectivity index (χ1) is 9.74. The molecule has 0 heterocycles. The molecule has 0 radical (unpaired) electrons. The van der Waals surface area contributed by atoms with E-state index in [-0.39, 0.29) is 0 Å². The van der Waals surface area contributed by atoms with Crippen molar-refractivity contribution in [1.29, 1.82) is 0 Å². The van der Waals surface area contributed by atoms with Gasteiger partial charge in [-0.25, -0.2) is 0 Å². The van der Waals surface area contributed by atoms with Gasteiger partial charge >= 0.3 is 133 Å². The summed E-state index contributed by atoms with van der Waals surface area (Å²) >= 11 is -1.87. The van der Waals surface area contributed by atoms with Crippen LogP contribution >= 0.6 is 0 Å². The van der Waals surface area contributed by atoms with Gasteiger partial charge in [-0.1, -0.05) is 0 Å². The maximum atomic E-state index is 4.64. The second kappa shape index (κ2) is 8.22. The van der Waals surface area contributed by atoms with Gasteiger partial charge in [0.05, 0.1) is 0 Å². The average molecular weight is 435 g/mol. The SMILES string of the molecule is [CH2]=[Hf]([C]1=CC(CCCC)=CC1)[C]1=CC(CCCC)=CC1. The van der Waals surface area contributed by atoms with Gasteiger partial charge in [-0.15, -0.1) is 0 Å². The molecule has 0 fully saturated rings. The zero-order valence-corrected chi connectivity index (χ0v) is 16.8. The zero-order valence-electron chi connectivity index (χ0n) is 13.2. The van der Waals surface area contributed by atoms with Gasteiger partial charge in [0.15, 0.2) is 0 Å². The zero-order chi connectivity index (χ0) is 14.4. The molecule has 0 amide bonds. The van der Waals surface area contributed by atoms with E-state index in [2.05, 4.69) is 42.4 Å². The van der Waals surface area contributed by atoms with Crippen LogP contribution in [0.25, 0.3) is 0 Å². The summed E-state index contributed by atoms with van der Waals surface area (Å²) in [7, 11) is 0. The molecule has 0 spiro atoms. The molecule has 0 saturated heterocycles. The maximum absolute atomic E-state index is 4.64. The predicted molar refractivity (Wildman–Crippen MR) is 87.7 cm³/mol. The molecule has 0 unspecified atom stereocenters. The summed E-state index contributed by atoms with van der Waals surface area (Å²) in [4.78, 5) is 0. The van der Waals surface area contributed by atoms with E-state index in [0.717, 1.165) is 0 Å². The Kier molecular flexibility index (Phi) is 6.61. The van der Waals surface area contributed by atoms with Crippen LogP contribution in [-0.4, -0.2) is 4.26 Å². The molecule has 2 rings (SSSR count). The molecular weight excluding hydrogens is 407 g/mol. The molecule has 1 heteroatoms. The minimum absolute atomic E-state index is 1.21. The number of hydrogen-bond donors (Lipinski definition) is 0. The second-order valence-corrected chi connectivity index (χ2v) is 14.0. The number of rotatable bonds is 8. The molecule has 0 aliphatic heterocycles. The van der Waals surface area contributed by atoms with E-state index in [0.29, 0.717) is 0 Å². The number of hydrogen-bond acceptors (Lipinski definition) is 0. The van der Waals surface area contributed by atoms with E-state index in [9.17, 15) is 0 Å². The van der Waals surface area contributed by atoms with E-state index < -0.39 is 21.0 Å². The summed E-state index contributed by atoms with van der Waals surface area (Å²) in [6.07, 6.45) is 20.2. The fraction of sp³-hybridized carbons (Fsp3) is 0.526. The van der Waals surface area contributed by atoms with E-state index in [1.807, 2.05) is 0 Å². The standard InChI is InChI=1S/2C9H13.CH2.Hf/c2*1-2-3-6-9-7-4-5-8-9;;/h2*7-8H,2-4,6H2,1H3;1H2;. The summed E-state index contributed by atoms with van der Waals surface area (Å²) in [5, 5.41) is 0. The Labute approximate surface area is 132 Å². The predicted octanol–water partition coefficient (Wildman–Crippen LogP) is 5.85. The van der Waals surface area contributed by atoms with Gasteiger partial charge in [0.1, 0.15) is 0 Å². The molecule has 0 bridgehead atoms. The summed E-state index contributed by atoms with van der Waals surface area (Å²) in [5.41, 5.74) is 3.18. The molecule has 108 valence electrons. The topological polar surface area (TPSA) is 0 Å². The van der Waals surface area contributed by atoms with Crippen LogP contribution in [0, 0.1) is 0 Å². The number of unbranched alkanes of at least 4 members (excludes halogenated alkanes) is 2. The summed E-state index contributed by atoms with van der Waals surface area (Å²) in [6.45, 7) is 4.55. The Hall–Kier alpha value is -0.300. The normalized spacial score (nSPS) is 17.7. The molecule has 0 saturated carbocycles. The molecule has 0 atom stereocenters. The van der Waals surface area contributed by atoms with Gasteiger partial charge < -0.3 is 0 Å². The van der Waals surface area contributed by atoms with Crippen LogP contribution in [0.5, 0.6) is 0 Å². The molecular formula is C19H28Hf. The van der Waals surface area contributed by atoms with Crippen molar-refractivity contribution in [3.63, 3.8) is 0 Å². The van der Waals surface area contributed by atoms with E-state index in [1.54, 1.807) is 17.8 Å². The molecule has 0 aromatic carbocycles. The van der Waals surface area contributed by atoms with Crippen LogP contribution in [-0.2, 0) is 21.0 Å². The van der Waals surface area contributed by atoms with Crippen molar-refractivity contribution in [1.82, 2.24) is 0 Å². The van der Waals surface area contributed by atoms with Gasteiger partial charge in [0, 0.05) is 0 Å². The van der Waals surface area contributed by atoms with Crippen molar-refractivity contribution < 1.29 is 21.0 Å². The summed E-state index contributed by atoms with van der Waals surface area (Å²) in [5.74, 6) is 0. The summed E-state index contributed by atoms with van der Waals surface area (Å²) < 4.78 is 8.11. The fourth-order valence-electron chi connectivity index (χ4n) is 2.90. The van der Waals surface area contributed by atoms with Gasteiger partial charge in [-0.3, -0.25) is 0 Å². The van der Waals surface area contributed by atoms with Gasteiger partial charge in [0.25, 0.3) is 0 Å². The molecule has 0 nitrogen and oxygen atoms in total. The fourth-order valence-corrected chi connectivity index (χ4v) is 9.47. The van der Waals surface area contributed by atoms with Crippen LogP contribution in [0.3, 0.4) is 0 Å².